The van der Waals surface area contributed by atoms with Crippen molar-refractivity contribution in [3.8, 4) is 0 Å². The van der Waals surface area contributed by atoms with Gasteiger partial charge in [0, 0.05) is 23.2 Å². The van der Waals surface area contributed by atoms with Crippen LogP contribution in [0.15, 0.2) is 22.7 Å². The molecule has 1 aliphatic heterocycles. The third kappa shape index (κ3) is 3.21. The Morgan fingerprint density at radius 3 is 2.94 bits per heavy atom. The van der Waals surface area contributed by atoms with Crippen molar-refractivity contribution in [2.45, 2.75) is 26.0 Å². The van der Waals surface area contributed by atoms with Gasteiger partial charge in [-0.3, -0.25) is 4.90 Å². The van der Waals surface area contributed by atoms with Gasteiger partial charge in [0.15, 0.2) is 0 Å². The van der Waals surface area contributed by atoms with Crippen molar-refractivity contribution >= 4 is 21.6 Å². The molecule has 94 valence electrons. The van der Waals surface area contributed by atoms with Crippen LogP contribution in [0, 0.1) is 5.92 Å². The smallest absolute Gasteiger partial charge is 0.0552 e. The minimum atomic E-state index is -0.206. The number of rotatable bonds is 3. The molecule has 1 heterocycles. The van der Waals surface area contributed by atoms with Crippen LogP contribution in [0.1, 0.15) is 18.9 Å². The molecule has 0 spiro atoms. The average molecular weight is 299 g/mol. The molecule has 2 atom stereocenters. The van der Waals surface area contributed by atoms with E-state index in [0.717, 1.165) is 36.2 Å². The number of hydrogen-bond acceptors (Lipinski definition) is 3. The molecule has 1 saturated heterocycles. The van der Waals surface area contributed by atoms with Crippen molar-refractivity contribution in [1.82, 2.24) is 4.90 Å². The van der Waals surface area contributed by atoms with Crippen LogP contribution < -0.4 is 5.73 Å². The largest absolute Gasteiger partial charge is 0.398 e. The minimum Gasteiger partial charge on any atom is -0.398 e. The number of benzene rings is 1. The molecule has 0 amide bonds. The van der Waals surface area contributed by atoms with Gasteiger partial charge in [0.1, 0.15) is 0 Å². The van der Waals surface area contributed by atoms with Gasteiger partial charge >= 0.3 is 0 Å². The molecule has 1 aromatic rings. The summed E-state index contributed by atoms with van der Waals surface area (Å²) in [4.78, 5) is 2.36. The number of nitrogens with two attached hydrogens (primary N) is 1. The Kier molecular flexibility index (Phi) is 4.07. The molecule has 0 saturated carbocycles. The fourth-order valence-corrected chi connectivity index (χ4v) is 2.73. The highest BCUT2D eigenvalue weighted by atomic mass is 79.9. The monoisotopic (exact) mass is 298 g/mol. The zero-order chi connectivity index (χ0) is 12.4. The maximum Gasteiger partial charge on any atom is 0.0552 e. The molecule has 17 heavy (non-hydrogen) atoms. The van der Waals surface area contributed by atoms with Crippen molar-refractivity contribution < 1.29 is 5.11 Å². The second-order valence-electron chi connectivity index (χ2n) is 4.87. The average Bonchev–Trinajstić information content (AvgIpc) is 2.71. The normalized spacial score (nSPS) is 22.9. The van der Waals surface area contributed by atoms with E-state index in [9.17, 15) is 5.11 Å². The molecule has 1 fully saturated rings. The van der Waals surface area contributed by atoms with E-state index in [1.165, 1.54) is 5.56 Å². The fourth-order valence-electron chi connectivity index (χ4n) is 2.35. The van der Waals surface area contributed by atoms with E-state index in [0.29, 0.717) is 5.92 Å². The van der Waals surface area contributed by atoms with Crippen LogP contribution >= 0.6 is 15.9 Å². The number of hydrogen-bond donors (Lipinski definition) is 2. The van der Waals surface area contributed by atoms with E-state index >= 15 is 0 Å². The number of anilines is 1. The Labute approximate surface area is 111 Å². The highest BCUT2D eigenvalue weighted by molar-refractivity contribution is 9.10. The molecule has 2 unspecified atom stereocenters. The van der Waals surface area contributed by atoms with E-state index in [-0.39, 0.29) is 6.10 Å². The second-order valence-corrected chi connectivity index (χ2v) is 5.78. The number of nitrogens with zero attached hydrogens (tertiary/aromatic N) is 1. The van der Waals surface area contributed by atoms with Gasteiger partial charge in [-0.1, -0.05) is 22.0 Å². The van der Waals surface area contributed by atoms with E-state index < -0.39 is 0 Å². The van der Waals surface area contributed by atoms with Crippen LogP contribution in [-0.2, 0) is 6.54 Å². The first-order valence-electron chi connectivity index (χ1n) is 6.00. The lowest BCUT2D eigenvalue weighted by atomic mass is 10.0. The topological polar surface area (TPSA) is 49.5 Å². The number of halogens is 1. The van der Waals surface area contributed by atoms with Gasteiger partial charge in [0.2, 0.25) is 0 Å². The van der Waals surface area contributed by atoms with E-state index in [1.54, 1.807) is 0 Å². The summed E-state index contributed by atoms with van der Waals surface area (Å²) in [7, 11) is 0. The van der Waals surface area contributed by atoms with Crippen LogP contribution in [-0.4, -0.2) is 29.2 Å². The summed E-state index contributed by atoms with van der Waals surface area (Å²) in [6, 6.07) is 6.03. The summed E-state index contributed by atoms with van der Waals surface area (Å²) in [5, 5.41) is 9.57. The first-order chi connectivity index (χ1) is 8.06. The third-order valence-corrected chi connectivity index (χ3v) is 3.99. The fraction of sp³-hybridized carbons (Fsp3) is 0.538. The van der Waals surface area contributed by atoms with Gasteiger partial charge in [-0.05, 0) is 43.5 Å². The highest BCUT2D eigenvalue weighted by Gasteiger charge is 2.25. The van der Waals surface area contributed by atoms with Crippen molar-refractivity contribution in [3.05, 3.63) is 28.2 Å². The zero-order valence-electron chi connectivity index (χ0n) is 10.1. The predicted molar refractivity (Wildman–Crippen MR) is 73.6 cm³/mol. The predicted octanol–water partition coefficient (Wildman–Crippen LogP) is 2.23. The van der Waals surface area contributed by atoms with Crippen molar-refractivity contribution in [2.24, 2.45) is 5.92 Å². The Morgan fingerprint density at radius 1 is 1.59 bits per heavy atom. The molecule has 3 N–H and O–H groups in total. The molecule has 3 nitrogen and oxygen atoms in total. The molecular weight excluding hydrogens is 280 g/mol. The van der Waals surface area contributed by atoms with Crippen molar-refractivity contribution in [2.75, 3.05) is 18.8 Å². The lowest BCUT2D eigenvalue weighted by Gasteiger charge is -2.18. The summed E-state index contributed by atoms with van der Waals surface area (Å²) in [6.07, 6.45) is 0.871. The van der Waals surface area contributed by atoms with E-state index in [4.69, 9.17) is 5.73 Å². The van der Waals surface area contributed by atoms with Crippen LogP contribution in [0.3, 0.4) is 0 Å². The quantitative estimate of drug-likeness (QED) is 0.842. The molecule has 1 aromatic carbocycles. The maximum absolute atomic E-state index is 9.57. The van der Waals surface area contributed by atoms with Crippen LogP contribution in [0.2, 0.25) is 0 Å². The highest BCUT2D eigenvalue weighted by Crippen LogP contribution is 2.24. The van der Waals surface area contributed by atoms with Crippen LogP contribution in [0.5, 0.6) is 0 Å². The number of nitrogen functional groups attached to an aromatic ring is 1. The molecular formula is C13H19BrN2O. The number of aliphatic hydroxyl groups is 1. The first-order valence-corrected chi connectivity index (χ1v) is 6.80. The third-order valence-electron chi connectivity index (χ3n) is 3.49. The Balaban J connectivity index is 1.98. The maximum atomic E-state index is 9.57. The molecule has 0 aliphatic carbocycles. The summed E-state index contributed by atoms with van der Waals surface area (Å²) < 4.78 is 1.02. The molecule has 0 aromatic heterocycles. The van der Waals surface area contributed by atoms with Crippen LogP contribution in [0.4, 0.5) is 5.69 Å². The Morgan fingerprint density at radius 2 is 2.35 bits per heavy atom. The number of aliphatic hydroxyl groups excluding tert-OH is 1. The molecule has 4 heteroatoms. The first kappa shape index (κ1) is 12.9. The van der Waals surface area contributed by atoms with Gasteiger partial charge in [-0.15, -0.1) is 0 Å². The Hall–Kier alpha value is -0.580. The second kappa shape index (κ2) is 5.38. The van der Waals surface area contributed by atoms with Gasteiger partial charge in [-0.25, -0.2) is 0 Å². The number of likely N-dealkylation sites (tertiary alicyclic amines) is 1. The van der Waals surface area contributed by atoms with Gasteiger partial charge in [0.05, 0.1) is 6.10 Å². The summed E-state index contributed by atoms with van der Waals surface area (Å²) in [5.74, 6) is 0.409. The van der Waals surface area contributed by atoms with E-state index in [2.05, 4.69) is 26.9 Å². The lowest BCUT2D eigenvalue weighted by molar-refractivity contribution is 0.127. The minimum absolute atomic E-state index is 0.206. The lowest BCUT2D eigenvalue weighted by Crippen LogP contribution is -2.24. The molecule has 2 rings (SSSR count). The summed E-state index contributed by atoms with van der Waals surface area (Å²) in [6.45, 7) is 4.77. The van der Waals surface area contributed by atoms with Gasteiger partial charge in [0.25, 0.3) is 0 Å². The van der Waals surface area contributed by atoms with Crippen molar-refractivity contribution in [3.63, 3.8) is 0 Å². The molecule has 0 bridgehead atoms. The van der Waals surface area contributed by atoms with Gasteiger partial charge < -0.3 is 10.8 Å². The molecule has 0 radical (unpaired) electrons. The van der Waals surface area contributed by atoms with Crippen molar-refractivity contribution in [1.29, 1.82) is 0 Å². The zero-order valence-corrected chi connectivity index (χ0v) is 11.7. The van der Waals surface area contributed by atoms with Crippen LogP contribution in [0.25, 0.3) is 0 Å². The summed E-state index contributed by atoms with van der Waals surface area (Å²) in [5.41, 5.74) is 7.99. The Bertz CT molecular complexity index is 395. The van der Waals surface area contributed by atoms with E-state index in [1.807, 2.05) is 19.1 Å². The summed E-state index contributed by atoms with van der Waals surface area (Å²) >= 11 is 3.41. The van der Waals surface area contributed by atoms with Gasteiger partial charge in [-0.2, -0.15) is 0 Å². The molecule has 1 aliphatic rings. The SMILES string of the molecule is CC(O)C1CCN(Cc2ccc(Br)cc2N)C1. The standard InChI is InChI=1S/C13H19BrN2O/c1-9(17)10-4-5-16(7-10)8-11-2-3-12(14)6-13(11)15/h2-3,6,9-10,17H,4-5,7-8,15H2,1H3.